The van der Waals surface area contributed by atoms with Crippen LogP contribution in [0.2, 0.25) is 0 Å². The molecule has 4 rings (SSSR count). The Kier molecular flexibility index (Phi) is 6.08. The van der Waals surface area contributed by atoms with Gasteiger partial charge in [-0.15, -0.1) is 0 Å². The summed E-state index contributed by atoms with van der Waals surface area (Å²) in [5, 5.41) is 2.12. The number of ketones is 1. The Morgan fingerprint density at radius 2 is 1.94 bits per heavy atom. The molecule has 3 aromatic rings. The maximum atomic E-state index is 13.1. The monoisotopic (exact) mass is 435 g/mol. The summed E-state index contributed by atoms with van der Waals surface area (Å²) in [7, 11) is -0.00801. The van der Waals surface area contributed by atoms with Crippen molar-refractivity contribution in [3.8, 4) is 5.88 Å². The van der Waals surface area contributed by atoms with Crippen molar-refractivity contribution in [1.82, 2.24) is 10.3 Å². The molecule has 7 nitrogen and oxygen atoms in total. The summed E-state index contributed by atoms with van der Waals surface area (Å²) in [6.45, 7) is 0.293. The van der Waals surface area contributed by atoms with Crippen molar-refractivity contribution in [3.63, 3.8) is 0 Å². The zero-order chi connectivity index (χ0) is 21.8. The smallest absolute Gasteiger partial charge is 0.251 e. The average Bonchev–Trinajstić information content (AvgIpc) is 2.81. The number of anilines is 1. The van der Waals surface area contributed by atoms with E-state index in [4.69, 9.17) is 4.74 Å². The van der Waals surface area contributed by atoms with Gasteiger partial charge in [0.15, 0.2) is 5.78 Å². The van der Waals surface area contributed by atoms with E-state index in [-0.39, 0.29) is 11.7 Å². The molecule has 0 saturated heterocycles. The van der Waals surface area contributed by atoms with E-state index in [1.165, 1.54) is 7.11 Å². The summed E-state index contributed by atoms with van der Waals surface area (Å²) in [5.41, 5.74) is 2.98. The highest BCUT2D eigenvalue weighted by Crippen LogP contribution is 2.28. The van der Waals surface area contributed by atoms with E-state index in [1.807, 2.05) is 30.3 Å². The second-order valence-electron chi connectivity index (χ2n) is 7.09. The van der Waals surface area contributed by atoms with Crippen LogP contribution >= 0.6 is 0 Å². The first-order valence-corrected chi connectivity index (χ1v) is 10.9. The second-order valence-corrected chi connectivity index (χ2v) is 8.46. The SMILES string of the molecule is COc1cc(CNC(=O)c2ccc3c(c2)C(=O)C(Cc2ccccc2)S(=O)N3)ccn1. The highest BCUT2D eigenvalue weighted by Gasteiger charge is 2.34. The number of fused-ring (bicyclic) bond motifs is 1. The zero-order valence-electron chi connectivity index (χ0n) is 16.8. The third-order valence-corrected chi connectivity index (χ3v) is 6.35. The van der Waals surface area contributed by atoms with Gasteiger partial charge in [0, 0.05) is 29.9 Å². The van der Waals surface area contributed by atoms with Gasteiger partial charge in [0.25, 0.3) is 5.91 Å². The molecule has 0 saturated carbocycles. The molecule has 1 aliphatic heterocycles. The van der Waals surface area contributed by atoms with E-state index < -0.39 is 16.2 Å². The van der Waals surface area contributed by atoms with Crippen molar-refractivity contribution in [2.45, 2.75) is 18.2 Å². The predicted octanol–water partition coefficient (Wildman–Crippen LogP) is 2.90. The van der Waals surface area contributed by atoms with E-state index in [2.05, 4.69) is 15.0 Å². The van der Waals surface area contributed by atoms with Crippen LogP contribution in [0.5, 0.6) is 5.88 Å². The number of benzene rings is 2. The van der Waals surface area contributed by atoms with Gasteiger partial charge in [0.05, 0.1) is 12.8 Å². The fraction of sp³-hybridized carbons (Fsp3) is 0.174. The Hall–Kier alpha value is -3.52. The van der Waals surface area contributed by atoms with E-state index in [0.29, 0.717) is 35.7 Å². The number of pyridine rings is 1. The summed E-state index contributed by atoms with van der Waals surface area (Å²) < 4.78 is 20.6. The van der Waals surface area contributed by atoms with E-state index >= 15 is 0 Å². The molecule has 0 bridgehead atoms. The predicted molar refractivity (Wildman–Crippen MR) is 118 cm³/mol. The summed E-state index contributed by atoms with van der Waals surface area (Å²) >= 11 is 0. The second kappa shape index (κ2) is 9.09. The summed E-state index contributed by atoms with van der Waals surface area (Å²) in [6, 6.07) is 17.8. The molecular weight excluding hydrogens is 414 g/mol. The van der Waals surface area contributed by atoms with E-state index in [1.54, 1.807) is 36.5 Å². The highest BCUT2D eigenvalue weighted by atomic mass is 32.2. The van der Waals surface area contributed by atoms with Gasteiger partial charge in [0.2, 0.25) is 5.88 Å². The summed E-state index contributed by atoms with van der Waals surface area (Å²) in [4.78, 5) is 29.8. The molecule has 1 aliphatic rings. The molecule has 0 radical (unpaired) electrons. The maximum Gasteiger partial charge on any atom is 0.251 e. The van der Waals surface area contributed by atoms with Crippen molar-refractivity contribution in [3.05, 3.63) is 89.1 Å². The van der Waals surface area contributed by atoms with Crippen LogP contribution in [0.25, 0.3) is 0 Å². The van der Waals surface area contributed by atoms with Crippen LogP contribution in [-0.2, 0) is 24.0 Å². The Morgan fingerprint density at radius 3 is 2.71 bits per heavy atom. The molecule has 1 amide bonds. The van der Waals surface area contributed by atoms with Crippen molar-refractivity contribution in [1.29, 1.82) is 0 Å². The normalized spacial score (nSPS) is 17.4. The van der Waals surface area contributed by atoms with Gasteiger partial charge < -0.3 is 14.8 Å². The number of hydrogen-bond acceptors (Lipinski definition) is 5. The topological polar surface area (TPSA) is 97.4 Å². The first-order valence-electron chi connectivity index (χ1n) is 9.71. The number of nitrogens with one attached hydrogen (secondary N) is 2. The molecule has 2 atom stereocenters. The Balaban J connectivity index is 1.50. The van der Waals surface area contributed by atoms with E-state index in [0.717, 1.165) is 11.1 Å². The average molecular weight is 436 g/mol. The minimum absolute atomic E-state index is 0.232. The zero-order valence-corrected chi connectivity index (χ0v) is 17.6. The van der Waals surface area contributed by atoms with Crippen molar-refractivity contribution in [2.24, 2.45) is 0 Å². The lowest BCUT2D eigenvalue weighted by molar-refractivity contribution is 0.0951. The molecule has 8 heteroatoms. The number of aromatic nitrogens is 1. The number of hydrogen-bond donors (Lipinski definition) is 2. The molecule has 158 valence electrons. The molecule has 2 unspecified atom stereocenters. The Labute approximate surface area is 182 Å². The lowest BCUT2D eigenvalue weighted by atomic mass is 9.98. The molecule has 2 aromatic carbocycles. The Morgan fingerprint density at radius 1 is 1.13 bits per heavy atom. The number of methoxy groups -OCH3 is 1. The standard InChI is InChI=1S/C23H21N3O4S/c1-30-21-12-16(9-10-24-21)14-25-23(28)17-7-8-19-18(13-17)22(27)20(31(29)26-19)11-15-5-3-2-4-6-15/h2-10,12-13,20,26H,11,14H2,1H3,(H,25,28). The molecule has 2 heterocycles. The van der Waals surface area contributed by atoms with Crippen LogP contribution in [0.3, 0.4) is 0 Å². The largest absolute Gasteiger partial charge is 0.481 e. The number of Topliss-reactive ketones (excluding diaryl/α,β-unsaturated/α-hetero) is 1. The quantitative estimate of drug-likeness (QED) is 0.621. The first kappa shape index (κ1) is 20.7. The summed E-state index contributed by atoms with van der Waals surface area (Å²) in [5.74, 6) is -0.0724. The van der Waals surface area contributed by atoms with Gasteiger partial charge in [-0.05, 0) is 41.8 Å². The maximum absolute atomic E-state index is 13.1. The molecule has 2 N–H and O–H groups in total. The van der Waals surface area contributed by atoms with Gasteiger partial charge in [-0.1, -0.05) is 30.3 Å². The number of carbonyl (C=O) groups excluding carboxylic acids is 2. The number of rotatable bonds is 6. The van der Waals surface area contributed by atoms with E-state index in [9.17, 15) is 13.8 Å². The number of nitrogens with zero attached hydrogens (tertiary/aromatic N) is 1. The molecule has 0 fully saturated rings. The lowest BCUT2D eigenvalue weighted by Crippen LogP contribution is -2.37. The first-order chi connectivity index (χ1) is 15.0. The minimum atomic E-state index is -1.54. The van der Waals surface area contributed by atoms with Gasteiger partial charge in [-0.25, -0.2) is 9.19 Å². The van der Waals surface area contributed by atoms with Crippen LogP contribution in [0.1, 0.15) is 31.8 Å². The fourth-order valence-corrected chi connectivity index (χ4v) is 4.58. The molecule has 1 aromatic heterocycles. The fourth-order valence-electron chi connectivity index (χ4n) is 3.38. The van der Waals surface area contributed by atoms with Crippen molar-refractivity contribution >= 4 is 28.4 Å². The lowest BCUT2D eigenvalue weighted by Gasteiger charge is -2.24. The molecule has 0 aliphatic carbocycles. The minimum Gasteiger partial charge on any atom is -0.481 e. The molecule has 0 spiro atoms. The molecule has 31 heavy (non-hydrogen) atoms. The van der Waals surface area contributed by atoms with Crippen LogP contribution in [0.15, 0.2) is 66.9 Å². The van der Waals surface area contributed by atoms with Gasteiger partial charge >= 0.3 is 0 Å². The highest BCUT2D eigenvalue weighted by molar-refractivity contribution is 7.88. The number of carbonyl (C=O) groups is 2. The third kappa shape index (κ3) is 4.64. The number of ether oxygens (including phenoxy) is 1. The third-order valence-electron chi connectivity index (χ3n) is 5.03. The van der Waals surface area contributed by atoms with Crippen molar-refractivity contribution in [2.75, 3.05) is 11.8 Å². The number of amides is 1. The van der Waals surface area contributed by atoms with Gasteiger partial charge in [0.1, 0.15) is 16.2 Å². The van der Waals surface area contributed by atoms with Crippen LogP contribution in [0.4, 0.5) is 5.69 Å². The van der Waals surface area contributed by atoms with Gasteiger partial charge in [-0.3, -0.25) is 9.59 Å². The van der Waals surface area contributed by atoms with Crippen LogP contribution in [0, 0.1) is 0 Å². The van der Waals surface area contributed by atoms with Crippen LogP contribution < -0.4 is 14.8 Å². The van der Waals surface area contributed by atoms with Crippen molar-refractivity contribution < 1.29 is 18.5 Å². The van der Waals surface area contributed by atoms with Gasteiger partial charge in [-0.2, -0.15) is 0 Å². The van der Waals surface area contributed by atoms with Crippen LogP contribution in [-0.4, -0.2) is 33.2 Å². The molecular formula is C23H21N3O4S. The summed E-state index contributed by atoms with van der Waals surface area (Å²) in [6.07, 6.45) is 1.97. The Bertz CT molecular complexity index is 1150.